The molecule has 0 radical (unpaired) electrons. The molecule has 1 saturated heterocycles. The zero-order chi connectivity index (χ0) is 15.8. The van der Waals surface area contributed by atoms with Crippen LogP contribution in [0.25, 0.3) is 0 Å². The maximum Gasteiger partial charge on any atom is 0.226 e. The van der Waals surface area contributed by atoms with Crippen molar-refractivity contribution in [1.29, 1.82) is 0 Å². The van der Waals surface area contributed by atoms with Gasteiger partial charge in [-0.1, -0.05) is 29.5 Å². The Balaban J connectivity index is 1.73. The highest BCUT2D eigenvalue weighted by Gasteiger charge is 2.32. The van der Waals surface area contributed by atoms with E-state index in [-0.39, 0.29) is 24.1 Å². The molecular formula is C17H18FN3OS. The molecule has 1 amide bonds. The summed E-state index contributed by atoms with van der Waals surface area (Å²) in [5.41, 5.74) is 0.581. The minimum atomic E-state index is -0.258. The lowest BCUT2D eigenvalue weighted by molar-refractivity contribution is -0.116. The third-order valence-electron chi connectivity index (χ3n) is 4.51. The SMILES string of the molecule is O=C1CC(c2ccccc2F)c2sc(N3CCCCC3)nc2N1. The highest BCUT2D eigenvalue weighted by atomic mass is 32.1. The number of benzene rings is 1. The molecule has 6 heteroatoms. The van der Waals surface area contributed by atoms with Crippen LogP contribution >= 0.6 is 11.3 Å². The number of hydrogen-bond acceptors (Lipinski definition) is 4. The van der Waals surface area contributed by atoms with Crippen molar-refractivity contribution < 1.29 is 9.18 Å². The molecule has 23 heavy (non-hydrogen) atoms. The summed E-state index contributed by atoms with van der Waals surface area (Å²) in [6.07, 6.45) is 3.88. The summed E-state index contributed by atoms with van der Waals surface area (Å²) < 4.78 is 14.2. The van der Waals surface area contributed by atoms with Crippen molar-refractivity contribution in [2.75, 3.05) is 23.3 Å². The number of amides is 1. The summed E-state index contributed by atoms with van der Waals surface area (Å²) in [5, 5.41) is 3.79. The minimum absolute atomic E-state index is 0.0961. The first-order chi connectivity index (χ1) is 11.2. The molecule has 1 unspecified atom stereocenters. The minimum Gasteiger partial charge on any atom is -0.348 e. The largest absolute Gasteiger partial charge is 0.348 e. The van der Waals surface area contributed by atoms with E-state index < -0.39 is 0 Å². The molecule has 0 aliphatic carbocycles. The van der Waals surface area contributed by atoms with Crippen molar-refractivity contribution in [3.05, 3.63) is 40.5 Å². The van der Waals surface area contributed by atoms with Gasteiger partial charge in [0.2, 0.25) is 5.91 Å². The van der Waals surface area contributed by atoms with E-state index in [1.165, 1.54) is 25.3 Å². The van der Waals surface area contributed by atoms with E-state index in [0.29, 0.717) is 11.4 Å². The first-order valence-electron chi connectivity index (χ1n) is 8.02. The predicted molar refractivity (Wildman–Crippen MR) is 89.7 cm³/mol. The number of thiazole rings is 1. The highest BCUT2D eigenvalue weighted by Crippen LogP contribution is 2.44. The van der Waals surface area contributed by atoms with Gasteiger partial charge in [0.05, 0.1) is 4.88 Å². The molecule has 0 bridgehead atoms. The van der Waals surface area contributed by atoms with Crippen LogP contribution in [0, 0.1) is 5.82 Å². The number of hydrogen-bond donors (Lipinski definition) is 1. The molecule has 1 N–H and O–H groups in total. The zero-order valence-corrected chi connectivity index (χ0v) is 13.5. The van der Waals surface area contributed by atoms with Gasteiger partial charge in [0, 0.05) is 25.4 Å². The van der Waals surface area contributed by atoms with Crippen molar-refractivity contribution in [2.24, 2.45) is 0 Å². The standard InChI is InChI=1S/C17H18FN3OS/c18-13-7-3-2-6-11(13)12-10-14(22)19-16-15(12)23-17(20-16)21-8-4-1-5-9-21/h2-3,6-7,12H,1,4-5,8-10H2,(H,19,22). The molecule has 2 aliphatic rings. The van der Waals surface area contributed by atoms with E-state index in [1.807, 2.05) is 6.07 Å². The molecule has 1 atom stereocenters. The first kappa shape index (κ1) is 14.6. The maximum absolute atomic E-state index is 14.2. The van der Waals surface area contributed by atoms with Gasteiger partial charge in [-0.15, -0.1) is 0 Å². The summed E-state index contributed by atoms with van der Waals surface area (Å²) in [6.45, 7) is 2.01. The van der Waals surface area contributed by atoms with Crippen molar-refractivity contribution in [2.45, 2.75) is 31.6 Å². The van der Waals surface area contributed by atoms with Gasteiger partial charge >= 0.3 is 0 Å². The third-order valence-corrected chi connectivity index (χ3v) is 5.74. The zero-order valence-electron chi connectivity index (χ0n) is 12.7. The number of aromatic nitrogens is 1. The second kappa shape index (κ2) is 5.92. The second-order valence-corrected chi connectivity index (χ2v) is 7.09. The summed E-state index contributed by atoms with van der Waals surface area (Å²) in [4.78, 5) is 19.9. The van der Waals surface area contributed by atoms with Gasteiger partial charge in [-0.3, -0.25) is 4.79 Å². The normalized spacial score (nSPS) is 21.0. The smallest absolute Gasteiger partial charge is 0.226 e. The Morgan fingerprint density at radius 3 is 2.78 bits per heavy atom. The van der Waals surface area contributed by atoms with E-state index in [4.69, 9.17) is 0 Å². The van der Waals surface area contributed by atoms with Crippen LogP contribution in [-0.4, -0.2) is 24.0 Å². The number of halogens is 1. The van der Waals surface area contributed by atoms with Gasteiger partial charge in [-0.05, 0) is 30.9 Å². The quantitative estimate of drug-likeness (QED) is 0.911. The number of rotatable bonds is 2. The van der Waals surface area contributed by atoms with Crippen LogP contribution in [0.5, 0.6) is 0 Å². The Hall–Kier alpha value is -1.95. The monoisotopic (exact) mass is 331 g/mol. The third kappa shape index (κ3) is 2.72. The van der Waals surface area contributed by atoms with Gasteiger partial charge in [-0.2, -0.15) is 0 Å². The fraction of sp³-hybridized carbons (Fsp3) is 0.412. The number of carbonyl (C=O) groups excluding carboxylic acids is 1. The van der Waals surface area contributed by atoms with Crippen LogP contribution in [0.2, 0.25) is 0 Å². The number of nitrogens with one attached hydrogen (secondary N) is 1. The number of anilines is 2. The average Bonchev–Trinajstić information content (AvgIpc) is 2.99. The molecule has 4 nitrogen and oxygen atoms in total. The molecule has 1 fully saturated rings. The van der Waals surface area contributed by atoms with Crippen LogP contribution < -0.4 is 10.2 Å². The molecule has 1 aromatic heterocycles. The van der Waals surface area contributed by atoms with Gasteiger partial charge in [-0.25, -0.2) is 9.37 Å². The summed E-state index contributed by atoms with van der Waals surface area (Å²) in [6, 6.07) is 6.71. The van der Waals surface area contributed by atoms with Crippen LogP contribution in [0.4, 0.5) is 15.3 Å². The van der Waals surface area contributed by atoms with E-state index in [0.717, 1.165) is 23.1 Å². The molecule has 4 rings (SSSR count). The summed E-state index contributed by atoms with van der Waals surface area (Å²) in [7, 11) is 0. The number of fused-ring (bicyclic) bond motifs is 1. The molecule has 1 aromatic carbocycles. The van der Waals surface area contributed by atoms with Crippen molar-refractivity contribution in [3.8, 4) is 0 Å². The van der Waals surface area contributed by atoms with Crippen LogP contribution in [-0.2, 0) is 4.79 Å². The van der Waals surface area contributed by atoms with Crippen molar-refractivity contribution >= 4 is 28.2 Å². The fourth-order valence-electron chi connectivity index (χ4n) is 3.34. The molecule has 2 aliphatic heterocycles. The molecule has 0 spiro atoms. The topological polar surface area (TPSA) is 45.2 Å². The van der Waals surface area contributed by atoms with E-state index in [2.05, 4.69) is 15.2 Å². The Kier molecular flexibility index (Phi) is 3.77. The van der Waals surface area contributed by atoms with Gasteiger partial charge in [0.1, 0.15) is 11.6 Å². The van der Waals surface area contributed by atoms with E-state index >= 15 is 0 Å². The summed E-state index contributed by atoms with van der Waals surface area (Å²) >= 11 is 1.59. The Labute approximate surface area is 138 Å². The average molecular weight is 331 g/mol. The maximum atomic E-state index is 14.2. The number of carbonyl (C=O) groups is 1. The van der Waals surface area contributed by atoms with E-state index in [1.54, 1.807) is 23.5 Å². The lowest BCUT2D eigenvalue weighted by atomic mass is 9.91. The molecule has 2 aromatic rings. The van der Waals surface area contributed by atoms with Gasteiger partial charge in [0.15, 0.2) is 5.13 Å². The van der Waals surface area contributed by atoms with Crippen molar-refractivity contribution in [1.82, 2.24) is 4.98 Å². The Morgan fingerprint density at radius 2 is 2.00 bits per heavy atom. The number of piperidine rings is 1. The lowest BCUT2D eigenvalue weighted by Crippen LogP contribution is -2.29. The van der Waals surface area contributed by atoms with Crippen molar-refractivity contribution in [3.63, 3.8) is 0 Å². The highest BCUT2D eigenvalue weighted by molar-refractivity contribution is 7.16. The predicted octanol–water partition coefficient (Wildman–Crippen LogP) is 3.75. The molecule has 0 saturated carbocycles. The summed E-state index contributed by atoms with van der Waals surface area (Å²) in [5.74, 6) is 0.0170. The van der Waals surface area contributed by atoms with Gasteiger partial charge in [0.25, 0.3) is 0 Å². The molecule has 3 heterocycles. The van der Waals surface area contributed by atoms with Crippen LogP contribution in [0.1, 0.15) is 42.0 Å². The van der Waals surface area contributed by atoms with Crippen LogP contribution in [0.15, 0.2) is 24.3 Å². The van der Waals surface area contributed by atoms with Gasteiger partial charge < -0.3 is 10.2 Å². The lowest BCUT2D eigenvalue weighted by Gasteiger charge is -2.25. The Bertz CT molecular complexity index is 739. The first-order valence-corrected chi connectivity index (χ1v) is 8.84. The Morgan fingerprint density at radius 1 is 1.22 bits per heavy atom. The van der Waals surface area contributed by atoms with Crippen LogP contribution in [0.3, 0.4) is 0 Å². The fourth-order valence-corrected chi connectivity index (χ4v) is 4.53. The number of nitrogens with zero attached hydrogens (tertiary/aromatic N) is 2. The molecular weight excluding hydrogens is 313 g/mol. The molecule has 120 valence electrons. The van der Waals surface area contributed by atoms with E-state index in [9.17, 15) is 9.18 Å². The second-order valence-electron chi connectivity index (χ2n) is 6.08.